The van der Waals surface area contributed by atoms with E-state index >= 15 is 0 Å². The van der Waals surface area contributed by atoms with Gasteiger partial charge in [-0.15, -0.1) is 0 Å². The topological polar surface area (TPSA) is 82.2 Å². The van der Waals surface area contributed by atoms with E-state index in [0.717, 1.165) is 16.9 Å². The van der Waals surface area contributed by atoms with Crippen LogP contribution in [0.4, 0.5) is 5.82 Å². The zero-order valence-electron chi connectivity index (χ0n) is 17.4. The molecule has 0 fully saturated rings. The van der Waals surface area contributed by atoms with Gasteiger partial charge in [0, 0.05) is 12.3 Å². The minimum absolute atomic E-state index is 0.161. The van der Waals surface area contributed by atoms with Crippen LogP contribution in [0.25, 0.3) is 0 Å². The van der Waals surface area contributed by atoms with E-state index in [1.54, 1.807) is 36.0 Å². The van der Waals surface area contributed by atoms with Crippen molar-refractivity contribution in [3.8, 4) is 5.75 Å². The molecule has 0 saturated carbocycles. The third kappa shape index (κ3) is 4.95. The largest absolute Gasteiger partial charge is 0.488 e. The molecule has 0 atom stereocenters. The summed E-state index contributed by atoms with van der Waals surface area (Å²) < 4.78 is 12.8. The van der Waals surface area contributed by atoms with E-state index in [1.165, 1.54) is 0 Å². The van der Waals surface area contributed by atoms with Crippen molar-refractivity contribution in [3.63, 3.8) is 0 Å². The lowest BCUT2D eigenvalue weighted by molar-refractivity contribution is 0.101. The van der Waals surface area contributed by atoms with Crippen LogP contribution in [0.2, 0.25) is 10.0 Å². The normalized spacial score (nSPS) is 10.9. The number of nitrogens with one attached hydrogen (secondary N) is 1. The van der Waals surface area contributed by atoms with Crippen molar-refractivity contribution in [1.29, 1.82) is 0 Å². The molecule has 2 aromatic carbocycles. The molecule has 4 aromatic rings. The fourth-order valence-electron chi connectivity index (χ4n) is 3.12. The number of anilines is 1. The first-order valence-corrected chi connectivity index (χ1v) is 10.6. The lowest BCUT2D eigenvalue weighted by atomic mass is 10.2. The Hall–Kier alpha value is -3.29. The number of rotatable bonds is 7. The molecule has 9 heteroatoms. The maximum Gasteiger partial charge on any atom is 0.279 e. The highest BCUT2D eigenvalue weighted by molar-refractivity contribution is 6.42. The Morgan fingerprint density at radius 3 is 2.72 bits per heavy atom. The molecule has 0 saturated heterocycles. The zero-order chi connectivity index (χ0) is 22.7. The standard InChI is InChI=1S/C23H20Cl2N4O3/c1-14-5-3-4-6-20(14)31-13-17-15(2)32-28-22(17)23(30)26-21-9-10-29(27-21)12-16-7-8-18(24)19(25)11-16/h3-11H,12-13H2,1-2H3,(H,26,27,30). The van der Waals surface area contributed by atoms with Crippen LogP contribution in [0.3, 0.4) is 0 Å². The monoisotopic (exact) mass is 470 g/mol. The molecule has 164 valence electrons. The number of carbonyl (C=O) groups is 1. The maximum absolute atomic E-state index is 12.8. The average molecular weight is 471 g/mol. The molecule has 0 aliphatic heterocycles. The Morgan fingerprint density at radius 2 is 1.94 bits per heavy atom. The molecule has 1 N–H and O–H groups in total. The summed E-state index contributed by atoms with van der Waals surface area (Å²) in [7, 11) is 0. The number of halogens is 2. The Bertz CT molecular complexity index is 1270. The number of aromatic nitrogens is 3. The fourth-order valence-corrected chi connectivity index (χ4v) is 3.45. The molecule has 1 amide bonds. The first-order chi connectivity index (χ1) is 15.4. The third-order valence-corrected chi connectivity index (χ3v) is 5.62. The van der Waals surface area contributed by atoms with E-state index in [9.17, 15) is 4.79 Å². The third-order valence-electron chi connectivity index (χ3n) is 4.88. The van der Waals surface area contributed by atoms with Gasteiger partial charge >= 0.3 is 0 Å². The summed E-state index contributed by atoms with van der Waals surface area (Å²) in [6, 6.07) is 14.7. The van der Waals surface area contributed by atoms with E-state index in [4.69, 9.17) is 32.5 Å². The molecule has 2 aromatic heterocycles. The zero-order valence-corrected chi connectivity index (χ0v) is 18.9. The predicted molar refractivity (Wildman–Crippen MR) is 122 cm³/mol. The molecule has 0 bridgehead atoms. The van der Waals surface area contributed by atoms with E-state index in [2.05, 4.69) is 15.6 Å². The highest BCUT2D eigenvalue weighted by Crippen LogP contribution is 2.24. The minimum Gasteiger partial charge on any atom is -0.488 e. The smallest absolute Gasteiger partial charge is 0.279 e. The van der Waals surface area contributed by atoms with E-state index in [0.29, 0.717) is 33.7 Å². The molecule has 0 spiro atoms. The molecular formula is C23H20Cl2N4O3. The predicted octanol–water partition coefficient (Wildman–Crippen LogP) is 5.67. The summed E-state index contributed by atoms with van der Waals surface area (Å²) in [4.78, 5) is 12.8. The number of hydrogen-bond acceptors (Lipinski definition) is 5. The van der Waals surface area contributed by atoms with Gasteiger partial charge in [0.25, 0.3) is 5.91 Å². The summed E-state index contributed by atoms with van der Waals surface area (Å²) >= 11 is 12.0. The second kappa shape index (κ2) is 9.46. The van der Waals surface area contributed by atoms with Crippen molar-refractivity contribution in [1.82, 2.24) is 14.9 Å². The molecule has 2 heterocycles. The molecule has 7 nitrogen and oxygen atoms in total. The van der Waals surface area contributed by atoms with Gasteiger partial charge in [-0.2, -0.15) is 5.10 Å². The van der Waals surface area contributed by atoms with Crippen LogP contribution in [-0.2, 0) is 13.2 Å². The maximum atomic E-state index is 12.8. The van der Waals surface area contributed by atoms with E-state index < -0.39 is 5.91 Å². The van der Waals surface area contributed by atoms with Gasteiger partial charge in [0.15, 0.2) is 11.5 Å². The van der Waals surface area contributed by atoms with Crippen LogP contribution in [0.15, 0.2) is 59.3 Å². The van der Waals surface area contributed by atoms with E-state index in [-0.39, 0.29) is 12.3 Å². The minimum atomic E-state index is -0.426. The van der Waals surface area contributed by atoms with Crippen LogP contribution in [0.5, 0.6) is 5.75 Å². The van der Waals surface area contributed by atoms with Gasteiger partial charge in [0.1, 0.15) is 18.1 Å². The number of nitrogens with zero attached hydrogens (tertiary/aromatic N) is 3. The van der Waals surface area contributed by atoms with E-state index in [1.807, 2.05) is 37.3 Å². The molecule has 0 unspecified atom stereocenters. The van der Waals surface area contributed by atoms with Gasteiger partial charge in [-0.3, -0.25) is 9.48 Å². The average Bonchev–Trinajstić information content (AvgIpc) is 3.36. The summed E-state index contributed by atoms with van der Waals surface area (Å²) in [6.07, 6.45) is 1.76. The summed E-state index contributed by atoms with van der Waals surface area (Å²) in [5, 5.41) is 12.0. The van der Waals surface area contributed by atoms with Gasteiger partial charge in [-0.1, -0.05) is 52.6 Å². The van der Waals surface area contributed by atoms with Crippen LogP contribution in [-0.4, -0.2) is 20.8 Å². The molecule has 4 rings (SSSR count). The highest BCUT2D eigenvalue weighted by atomic mass is 35.5. The highest BCUT2D eigenvalue weighted by Gasteiger charge is 2.21. The van der Waals surface area contributed by atoms with Gasteiger partial charge in [-0.25, -0.2) is 0 Å². The van der Waals surface area contributed by atoms with Crippen LogP contribution in [0, 0.1) is 13.8 Å². The molecule has 0 aliphatic carbocycles. The Morgan fingerprint density at radius 1 is 1.12 bits per heavy atom. The second-order valence-electron chi connectivity index (χ2n) is 7.22. The summed E-state index contributed by atoms with van der Waals surface area (Å²) in [6.45, 7) is 4.34. The lowest BCUT2D eigenvalue weighted by Crippen LogP contribution is -2.16. The van der Waals surface area contributed by atoms with Crippen molar-refractivity contribution in [2.45, 2.75) is 27.0 Å². The van der Waals surface area contributed by atoms with Crippen LogP contribution in [0.1, 0.15) is 32.9 Å². The van der Waals surface area contributed by atoms with Crippen LogP contribution >= 0.6 is 23.2 Å². The first kappa shape index (κ1) is 21.9. The number of carbonyl (C=O) groups excluding carboxylic acids is 1. The number of benzene rings is 2. The van der Waals surface area contributed by atoms with Crippen molar-refractivity contribution < 1.29 is 14.1 Å². The first-order valence-electron chi connectivity index (χ1n) is 9.83. The Balaban J connectivity index is 1.43. The van der Waals surface area contributed by atoms with Gasteiger partial charge < -0.3 is 14.6 Å². The van der Waals surface area contributed by atoms with Crippen molar-refractivity contribution in [3.05, 3.63) is 92.9 Å². The fraction of sp³-hybridized carbons (Fsp3) is 0.174. The quantitative estimate of drug-likeness (QED) is 0.375. The van der Waals surface area contributed by atoms with Crippen molar-refractivity contribution in [2.24, 2.45) is 0 Å². The Labute approximate surface area is 194 Å². The number of ether oxygens (including phenoxy) is 1. The number of hydrogen-bond donors (Lipinski definition) is 1. The van der Waals surface area contributed by atoms with Gasteiger partial charge in [0.05, 0.1) is 22.2 Å². The lowest BCUT2D eigenvalue weighted by Gasteiger charge is -2.09. The van der Waals surface area contributed by atoms with Gasteiger partial charge in [0.2, 0.25) is 0 Å². The number of aryl methyl sites for hydroxylation is 2. The molecule has 0 aliphatic rings. The summed E-state index contributed by atoms with van der Waals surface area (Å²) in [5.41, 5.74) is 2.68. The van der Waals surface area contributed by atoms with Crippen molar-refractivity contribution in [2.75, 3.05) is 5.32 Å². The molecule has 32 heavy (non-hydrogen) atoms. The molecular weight excluding hydrogens is 451 g/mol. The molecule has 0 radical (unpaired) electrons. The SMILES string of the molecule is Cc1ccccc1OCc1c(C(=O)Nc2ccn(Cc3ccc(Cl)c(Cl)c3)n2)noc1C. The van der Waals surface area contributed by atoms with Crippen molar-refractivity contribution >= 4 is 34.9 Å². The van der Waals surface area contributed by atoms with Crippen LogP contribution < -0.4 is 10.1 Å². The Kier molecular flexibility index (Phi) is 6.48. The number of amides is 1. The number of para-hydroxylation sites is 1. The second-order valence-corrected chi connectivity index (χ2v) is 8.04. The summed E-state index contributed by atoms with van der Waals surface area (Å²) in [5.74, 6) is 1.22. The van der Waals surface area contributed by atoms with Gasteiger partial charge in [-0.05, 0) is 43.2 Å².